The standard InChI is InChI=1S/C31H31N3O4S/c1-2-36-22-12-9-20(10-13-22)29-25-7-5-15-33(25)30-24(23-6-3-4-8-28(23)39-30)19-34(29)31(35)32-21-11-14-26-27(18-21)38-17-16-37-26/h5,7,9-15,18,29H,2-4,6,8,16-17,19H2,1H3,(H,32,35)/t29-/m1/s1. The van der Waals surface area contributed by atoms with Crippen molar-refractivity contribution in [3.8, 4) is 22.2 Å². The van der Waals surface area contributed by atoms with Gasteiger partial charge in [-0.2, -0.15) is 0 Å². The van der Waals surface area contributed by atoms with Gasteiger partial charge < -0.3 is 29.0 Å². The molecule has 2 aliphatic heterocycles. The molecule has 0 bridgehead atoms. The van der Waals surface area contributed by atoms with E-state index in [0.29, 0.717) is 43.6 Å². The molecule has 4 heterocycles. The third-order valence-electron chi connectivity index (χ3n) is 7.74. The highest BCUT2D eigenvalue weighted by atomic mass is 32.1. The topological polar surface area (TPSA) is 65.0 Å². The minimum absolute atomic E-state index is 0.151. The summed E-state index contributed by atoms with van der Waals surface area (Å²) in [6.45, 7) is 4.16. The van der Waals surface area contributed by atoms with Crippen molar-refractivity contribution in [3.63, 3.8) is 0 Å². The number of thiophene rings is 1. The van der Waals surface area contributed by atoms with Crippen LogP contribution in [0.5, 0.6) is 17.2 Å². The Hall–Kier alpha value is -3.91. The summed E-state index contributed by atoms with van der Waals surface area (Å²) in [5.74, 6) is 2.18. The lowest BCUT2D eigenvalue weighted by molar-refractivity contribution is 0.171. The minimum atomic E-state index is -0.272. The van der Waals surface area contributed by atoms with Gasteiger partial charge in [-0.3, -0.25) is 0 Å². The van der Waals surface area contributed by atoms with Gasteiger partial charge in [0, 0.05) is 28.4 Å². The van der Waals surface area contributed by atoms with Crippen LogP contribution in [0, 0.1) is 0 Å². The van der Waals surface area contributed by atoms with Gasteiger partial charge in [-0.1, -0.05) is 12.1 Å². The molecule has 39 heavy (non-hydrogen) atoms. The predicted molar refractivity (Wildman–Crippen MR) is 152 cm³/mol. The smallest absolute Gasteiger partial charge is 0.322 e. The molecular formula is C31H31N3O4S. The third-order valence-corrected chi connectivity index (χ3v) is 9.07. The number of amides is 2. The Kier molecular flexibility index (Phi) is 6.19. The van der Waals surface area contributed by atoms with E-state index in [0.717, 1.165) is 29.8 Å². The number of fused-ring (bicyclic) bond motifs is 6. The van der Waals surface area contributed by atoms with Crippen LogP contribution in [0.1, 0.15) is 53.1 Å². The maximum absolute atomic E-state index is 14.2. The Morgan fingerprint density at radius 3 is 2.69 bits per heavy atom. The maximum Gasteiger partial charge on any atom is 0.322 e. The predicted octanol–water partition coefficient (Wildman–Crippen LogP) is 6.72. The number of anilines is 1. The third kappa shape index (κ3) is 4.33. The Balaban J connectivity index is 1.31. The molecule has 8 heteroatoms. The van der Waals surface area contributed by atoms with Crippen molar-refractivity contribution in [2.24, 2.45) is 0 Å². The molecule has 1 N–H and O–H groups in total. The van der Waals surface area contributed by atoms with Crippen molar-refractivity contribution >= 4 is 23.1 Å². The lowest BCUT2D eigenvalue weighted by Gasteiger charge is -2.31. The second-order valence-corrected chi connectivity index (χ2v) is 11.2. The van der Waals surface area contributed by atoms with Crippen LogP contribution in [0.2, 0.25) is 0 Å². The average Bonchev–Trinajstić information content (AvgIpc) is 3.55. The molecule has 7 rings (SSSR count). The second kappa shape index (κ2) is 10.0. The first-order valence-electron chi connectivity index (χ1n) is 13.7. The van der Waals surface area contributed by atoms with E-state index >= 15 is 0 Å². The summed E-state index contributed by atoms with van der Waals surface area (Å²) in [6.07, 6.45) is 6.76. The molecule has 2 amide bonds. The Morgan fingerprint density at radius 1 is 1.03 bits per heavy atom. The number of urea groups is 1. The largest absolute Gasteiger partial charge is 0.494 e. The van der Waals surface area contributed by atoms with E-state index in [1.165, 1.54) is 33.8 Å². The van der Waals surface area contributed by atoms with Crippen molar-refractivity contribution in [3.05, 3.63) is 88.1 Å². The van der Waals surface area contributed by atoms with Crippen LogP contribution in [-0.4, -0.2) is 35.3 Å². The molecular weight excluding hydrogens is 510 g/mol. The fraction of sp³-hybridized carbons (Fsp3) is 0.323. The zero-order valence-corrected chi connectivity index (χ0v) is 22.8. The first-order chi connectivity index (χ1) is 19.2. The number of benzene rings is 2. The summed E-state index contributed by atoms with van der Waals surface area (Å²) in [4.78, 5) is 17.6. The molecule has 1 atom stereocenters. The van der Waals surface area contributed by atoms with E-state index in [9.17, 15) is 4.79 Å². The zero-order valence-electron chi connectivity index (χ0n) is 21.9. The maximum atomic E-state index is 14.2. The number of ether oxygens (including phenoxy) is 3. The van der Waals surface area contributed by atoms with Gasteiger partial charge in [0.15, 0.2) is 11.5 Å². The molecule has 0 spiro atoms. The summed E-state index contributed by atoms with van der Waals surface area (Å²) in [5, 5.41) is 4.41. The van der Waals surface area contributed by atoms with E-state index in [2.05, 4.69) is 40.3 Å². The van der Waals surface area contributed by atoms with E-state index in [1.54, 1.807) is 0 Å². The second-order valence-electron chi connectivity index (χ2n) is 10.1. The minimum Gasteiger partial charge on any atom is -0.494 e. The van der Waals surface area contributed by atoms with E-state index in [-0.39, 0.29) is 12.1 Å². The van der Waals surface area contributed by atoms with Crippen LogP contribution in [0.15, 0.2) is 60.8 Å². The van der Waals surface area contributed by atoms with Gasteiger partial charge in [0.2, 0.25) is 0 Å². The van der Waals surface area contributed by atoms with Gasteiger partial charge in [0.25, 0.3) is 0 Å². The lowest BCUT2D eigenvalue weighted by atomic mass is 9.95. The Labute approximate surface area is 231 Å². The highest BCUT2D eigenvalue weighted by Gasteiger charge is 2.36. The molecule has 1 aliphatic carbocycles. The summed E-state index contributed by atoms with van der Waals surface area (Å²) in [6, 6.07) is 17.5. The van der Waals surface area contributed by atoms with Crippen molar-refractivity contribution in [1.29, 1.82) is 0 Å². The molecule has 0 saturated carbocycles. The van der Waals surface area contributed by atoms with Gasteiger partial charge in [-0.25, -0.2) is 4.79 Å². The number of nitrogens with one attached hydrogen (secondary N) is 1. The van der Waals surface area contributed by atoms with Gasteiger partial charge >= 0.3 is 6.03 Å². The summed E-state index contributed by atoms with van der Waals surface area (Å²) < 4.78 is 19.4. The SMILES string of the molecule is CCOc1ccc([C@@H]2c3cccn3-c3sc4c(c3CN2C(=O)Nc2ccc3c(c2)OCCO3)CCCC4)cc1. The molecule has 0 saturated heterocycles. The molecule has 4 aromatic rings. The van der Waals surface area contributed by atoms with Crippen molar-refractivity contribution < 1.29 is 19.0 Å². The van der Waals surface area contributed by atoms with Crippen LogP contribution in [0.3, 0.4) is 0 Å². The number of carbonyl (C=O) groups is 1. The van der Waals surface area contributed by atoms with Crippen LogP contribution < -0.4 is 19.5 Å². The Morgan fingerprint density at radius 2 is 1.85 bits per heavy atom. The normalized spacial score (nSPS) is 17.5. The number of aryl methyl sites for hydroxylation is 1. The molecule has 7 nitrogen and oxygen atoms in total. The van der Waals surface area contributed by atoms with Crippen LogP contribution in [-0.2, 0) is 19.4 Å². The number of hydrogen-bond donors (Lipinski definition) is 1. The van der Waals surface area contributed by atoms with E-state index in [4.69, 9.17) is 14.2 Å². The van der Waals surface area contributed by atoms with Crippen molar-refractivity contribution in [2.75, 3.05) is 25.1 Å². The number of hydrogen-bond acceptors (Lipinski definition) is 5. The van der Waals surface area contributed by atoms with Crippen molar-refractivity contribution in [1.82, 2.24) is 9.47 Å². The van der Waals surface area contributed by atoms with Gasteiger partial charge in [-0.05, 0) is 80.1 Å². The first kappa shape index (κ1) is 24.2. The van der Waals surface area contributed by atoms with Crippen LogP contribution in [0.25, 0.3) is 5.00 Å². The zero-order chi connectivity index (χ0) is 26.3. The molecule has 0 unspecified atom stereocenters. The van der Waals surface area contributed by atoms with E-state index < -0.39 is 0 Å². The average molecular weight is 542 g/mol. The molecule has 0 fully saturated rings. The van der Waals surface area contributed by atoms with E-state index in [1.807, 2.05) is 53.5 Å². The summed E-state index contributed by atoms with van der Waals surface area (Å²) in [5.41, 5.74) is 5.51. The summed E-state index contributed by atoms with van der Waals surface area (Å²) in [7, 11) is 0. The lowest BCUT2D eigenvalue weighted by Crippen LogP contribution is -2.38. The number of aromatic nitrogens is 1. The molecule has 3 aliphatic rings. The number of carbonyl (C=O) groups excluding carboxylic acids is 1. The van der Waals surface area contributed by atoms with Crippen molar-refractivity contribution in [2.45, 2.75) is 45.2 Å². The Bertz CT molecular complexity index is 1520. The molecule has 200 valence electrons. The summed E-state index contributed by atoms with van der Waals surface area (Å²) >= 11 is 1.89. The van der Waals surface area contributed by atoms with Gasteiger partial charge in [0.05, 0.1) is 24.9 Å². The highest BCUT2D eigenvalue weighted by Crippen LogP contribution is 2.44. The van der Waals surface area contributed by atoms with Gasteiger partial charge in [0.1, 0.15) is 24.0 Å². The van der Waals surface area contributed by atoms with Crippen LogP contribution in [0.4, 0.5) is 10.5 Å². The highest BCUT2D eigenvalue weighted by molar-refractivity contribution is 7.15. The monoisotopic (exact) mass is 541 g/mol. The fourth-order valence-corrected chi connectivity index (χ4v) is 7.37. The number of nitrogens with zero attached hydrogens (tertiary/aromatic N) is 2. The first-order valence-corrected chi connectivity index (χ1v) is 14.5. The fourth-order valence-electron chi connectivity index (χ4n) is 5.97. The quantitative estimate of drug-likeness (QED) is 0.311. The molecule has 2 aromatic carbocycles. The van der Waals surface area contributed by atoms with Gasteiger partial charge in [-0.15, -0.1) is 11.3 Å². The van der Waals surface area contributed by atoms with Crippen LogP contribution >= 0.6 is 11.3 Å². The number of rotatable bonds is 4. The molecule has 2 aromatic heterocycles. The molecule has 0 radical (unpaired) electrons.